The standard InChI is InChI=1S/C29H25N3O7/c1-38-21-5-3-4-18(14-21)26-25(27(33)17-6-8-20(9-7-17)32(36)37)28(34)29(35)31(26)13-12-19-16-30-24-11-10-22(39-2)15-23(19)24/h3-11,14-16,26,30,33H,12-13H2,1-2H3/b27-25-. The molecule has 1 aliphatic heterocycles. The molecule has 198 valence electrons. The minimum Gasteiger partial charge on any atom is -0.507 e. The van der Waals surface area contributed by atoms with Crippen molar-refractivity contribution in [3.8, 4) is 11.5 Å². The average Bonchev–Trinajstić information content (AvgIpc) is 3.48. The van der Waals surface area contributed by atoms with E-state index in [0.29, 0.717) is 23.5 Å². The molecule has 2 heterocycles. The molecule has 5 rings (SSSR count). The van der Waals surface area contributed by atoms with E-state index in [4.69, 9.17) is 9.47 Å². The molecule has 1 fully saturated rings. The van der Waals surface area contributed by atoms with Gasteiger partial charge in [-0.3, -0.25) is 19.7 Å². The van der Waals surface area contributed by atoms with Crippen molar-refractivity contribution < 1.29 is 29.1 Å². The van der Waals surface area contributed by atoms with Gasteiger partial charge in [0.1, 0.15) is 17.3 Å². The van der Waals surface area contributed by atoms with Crippen LogP contribution in [0.2, 0.25) is 0 Å². The van der Waals surface area contributed by atoms with E-state index in [9.17, 15) is 24.8 Å². The first-order valence-corrected chi connectivity index (χ1v) is 12.1. The first-order chi connectivity index (χ1) is 18.8. The topological polar surface area (TPSA) is 135 Å². The molecule has 0 saturated carbocycles. The van der Waals surface area contributed by atoms with Crippen molar-refractivity contribution in [3.05, 3.63) is 105 Å². The molecule has 39 heavy (non-hydrogen) atoms. The molecule has 10 heteroatoms. The monoisotopic (exact) mass is 527 g/mol. The number of aromatic nitrogens is 1. The Labute approximate surface area is 223 Å². The van der Waals surface area contributed by atoms with Crippen LogP contribution in [0.25, 0.3) is 16.7 Å². The van der Waals surface area contributed by atoms with Gasteiger partial charge in [0.05, 0.1) is 30.8 Å². The van der Waals surface area contributed by atoms with Crippen molar-refractivity contribution in [2.75, 3.05) is 20.8 Å². The minimum absolute atomic E-state index is 0.0947. The third kappa shape index (κ3) is 4.68. The van der Waals surface area contributed by atoms with Crippen molar-refractivity contribution >= 4 is 34.0 Å². The lowest BCUT2D eigenvalue weighted by Crippen LogP contribution is -2.31. The molecular formula is C29H25N3O7. The number of hydrogen-bond acceptors (Lipinski definition) is 7. The van der Waals surface area contributed by atoms with Crippen molar-refractivity contribution in [1.29, 1.82) is 0 Å². The number of rotatable bonds is 8. The number of carbonyl (C=O) groups is 2. The van der Waals surface area contributed by atoms with Crippen molar-refractivity contribution in [3.63, 3.8) is 0 Å². The first kappa shape index (κ1) is 25.5. The number of aliphatic hydroxyl groups excluding tert-OH is 1. The highest BCUT2D eigenvalue weighted by molar-refractivity contribution is 6.46. The number of non-ortho nitro benzene ring substituents is 1. The van der Waals surface area contributed by atoms with Gasteiger partial charge in [-0.15, -0.1) is 0 Å². The molecule has 4 aromatic rings. The Morgan fingerprint density at radius 2 is 1.74 bits per heavy atom. The SMILES string of the molecule is COc1cccc(C2/C(=C(/O)c3ccc([N+](=O)[O-])cc3)C(=O)C(=O)N2CCc2c[nH]c3ccc(OC)cc23)c1. The normalized spacial score (nSPS) is 16.6. The molecule has 1 unspecified atom stereocenters. The highest BCUT2D eigenvalue weighted by Gasteiger charge is 2.46. The fraction of sp³-hybridized carbons (Fsp3) is 0.172. The second-order valence-electron chi connectivity index (χ2n) is 9.05. The summed E-state index contributed by atoms with van der Waals surface area (Å²) in [5, 5.41) is 23.2. The Morgan fingerprint density at radius 1 is 1.03 bits per heavy atom. The molecular weight excluding hydrogens is 502 g/mol. The highest BCUT2D eigenvalue weighted by atomic mass is 16.6. The number of benzene rings is 3. The fourth-order valence-electron chi connectivity index (χ4n) is 4.90. The van der Waals surface area contributed by atoms with Crippen LogP contribution in [0, 0.1) is 10.1 Å². The Balaban J connectivity index is 1.56. The molecule has 0 spiro atoms. The summed E-state index contributed by atoms with van der Waals surface area (Å²) in [7, 11) is 3.10. The Morgan fingerprint density at radius 3 is 2.44 bits per heavy atom. The third-order valence-corrected chi connectivity index (χ3v) is 6.90. The average molecular weight is 528 g/mol. The number of ketones is 1. The summed E-state index contributed by atoms with van der Waals surface area (Å²) >= 11 is 0. The zero-order chi connectivity index (χ0) is 27.7. The van der Waals surface area contributed by atoms with E-state index in [2.05, 4.69) is 4.98 Å². The van der Waals surface area contributed by atoms with E-state index in [1.54, 1.807) is 31.4 Å². The van der Waals surface area contributed by atoms with Gasteiger partial charge in [0.25, 0.3) is 17.4 Å². The van der Waals surface area contributed by atoms with Crippen LogP contribution in [0.3, 0.4) is 0 Å². The van der Waals surface area contributed by atoms with Crippen LogP contribution in [0.15, 0.2) is 78.5 Å². The van der Waals surface area contributed by atoms with Gasteiger partial charge in [0, 0.05) is 41.3 Å². The summed E-state index contributed by atoms with van der Waals surface area (Å²) in [6, 6.07) is 16.9. The quantitative estimate of drug-likeness (QED) is 0.111. The van der Waals surface area contributed by atoms with Crippen molar-refractivity contribution in [2.24, 2.45) is 0 Å². The molecule has 0 bridgehead atoms. The lowest BCUT2D eigenvalue weighted by Gasteiger charge is -2.25. The number of aromatic amines is 1. The number of hydrogen-bond donors (Lipinski definition) is 2. The lowest BCUT2D eigenvalue weighted by molar-refractivity contribution is -0.384. The maximum Gasteiger partial charge on any atom is 0.295 e. The van der Waals surface area contributed by atoms with Gasteiger partial charge in [0.2, 0.25) is 0 Å². The van der Waals surface area contributed by atoms with Crippen LogP contribution < -0.4 is 9.47 Å². The maximum absolute atomic E-state index is 13.3. The molecule has 2 N–H and O–H groups in total. The molecule has 1 saturated heterocycles. The lowest BCUT2D eigenvalue weighted by atomic mass is 9.95. The summed E-state index contributed by atoms with van der Waals surface area (Å²) in [4.78, 5) is 41.8. The number of H-pyrrole nitrogens is 1. The first-order valence-electron chi connectivity index (χ1n) is 12.1. The van der Waals surface area contributed by atoms with Gasteiger partial charge in [-0.25, -0.2) is 0 Å². The van der Waals surface area contributed by atoms with Gasteiger partial charge >= 0.3 is 0 Å². The van der Waals surface area contributed by atoms with Crippen molar-refractivity contribution in [1.82, 2.24) is 9.88 Å². The number of fused-ring (bicyclic) bond motifs is 1. The van der Waals surface area contributed by atoms with Crippen LogP contribution in [0.1, 0.15) is 22.7 Å². The number of methoxy groups -OCH3 is 2. The number of ether oxygens (including phenoxy) is 2. The van der Waals surface area contributed by atoms with E-state index in [-0.39, 0.29) is 23.4 Å². The van der Waals surface area contributed by atoms with Gasteiger partial charge in [-0.1, -0.05) is 12.1 Å². The highest BCUT2D eigenvalue weighted by Crippen LogP contribution is 2.40. The van der Waals surface area contributed by atoms with E-state index in [1.807, 2.05) is 24.4 Å². The van der Waals surface area contributed by atoms with Gasteiger partial charge in [-0.2, -0.15) is 0 Å². The van der Waals surface area contributed by atoms with Gasteiger partial charge in [0.15, 0.2) is 0 Å². The van der Waals surface area contributed by atoms with Crippen LogP contribution in [-0.4, -0.2) is 52.4 Å². The molecule has 3 aromatic carbocycles. The van der Waals surface area contributed by atoms with Crippen LogP contribution in [0.5, 0.6) is 11.5 Å². The maximum atomic E-state index is 13.3. The zero-order valence-electron chi connectivity index (χ0n) is 21.2. The van der Waals surface area contributed by atoms with E-state index < -0.39 is 28.4 Å². The van der Waals surface area contributed by atoms with Gasteiger partial charge in [-0.05, 0) is 60.0 Å². The van der Waals surface area contributed by atoms with E-state index in [1.165, 1.54) is 36.3 Å². The Bertz CT molecular complexity index is 1620. The molecule has 0 radical (unpaired) electrons. The number of aliphatic hydroxyl groups is 1. The number of nitrogens with one attached hydrogen (secondary N) is 1. The van der Waals surface area contributed by atoms with Crippen molar-refractivity contribution in [2.45, 2.75) is 12.5 Å². The number of nitrogens with zero attached hydrogens (tertiary/aromatic N) is 2. The number of nitro groups is 1. The van der Waals surface area contributed by atoms with Gasteiger partial charge < -0.3 is 24.5 Å². The fourth-order valence-corrected chi connectivity index (χ4v) is 4.90. The number of likely N-dealkylation sites (tertiary alicyclic amines) is 1. The Kier molecular flexibility index (Phi) is 6.76. The van der Waals surface area contributed by atoms with Crippen LogP contribution in [0.4, 0.5) is 5.69 Å². The number of nitro benzene ring substituents is 1. The second-order valence-corrected chi connectivity index (χ2v) is 9.05. The predicted octanol–water partition coefficient (Wildman–Crippen LogP) is 4.76. The largest absolute Gasteiger partial charge is 0.507 e. The minimum atomic E-state index is -0.893. The smallest absolute Gasteiger partial charge is 0.295 e. The third-order valence-electron chi connectivity index (χ3n) is 6.90. The summed E-state index contributed by atoms with van der Waals surface area (Å²) < 4.78 is 10.7. The number of amides is 1. The summed E-state index contributed by atoms with van der Waals surface area (Å²) in [5.74, 6) is -0.765. The molecule has 10 nitrogen and oxygen atoms in total. The number of Topliss-reactive ketones (excluding diaryl/α,β-unsaturated/α-hetero) is 1. The van der Waals surface area contributed by atoms with E-state index >= 15 is 0 Å². The molecule has 1 atom stereocenters. The number of carbonyl (C=O) groups excluding carboxylic acids is 2. The summed E-state index contributed by atoms with van der Waals surface area (Å²) in [5.41, 5.74) is 2.36. The molecule has 1 amide bonds. The van der Waals surface area contributed by atoms with Crippen LogP contribution >= 0.6 is 0 Å². The predicted molar refractivity (Wildman–Crippen MR) is 144 cm³/mol. The van der Waals surface area contributed by atoms with E-state index in [0.717, 1.165) is 16.5 Å². The van der Waals surface area contributed by atoms with Crippen LogP contribution in [-0.2, 0) is 16.0 Å². The molecule has 1 aliphatic rings. The molecule has 0 aliphatic carbocycles. The summed E-state index contributed by atoms with van der Waals surface area (Å²) in [6.07, 6.45) is 2.29. The Hall–Kier alpha value is -5.12. The second kappa shape index (κ2) is 10.3. The summed E-state index contributed by atoms with van der Waals surface area (Å²) in [6.45, 7) is 0.188. The zero-order valence-corrected chi connectivity index (χ0v) is 21.2. The molecule has 1 aromatic heterocycles.